The molecule has 0 unspecified atom stereocenters. The van der Waals surface area contributed by atoms with E-state index >= 15 is 0 Å². The topological polar surface area (TPSA) is 71.5 Å². The van der Waals surface area contributed by atoms with Gasteiger partial charge in [-0.25, -0.2) is 9.78 Å². The smallest absolute Gasteiger partial charge is 0.323 e. The summed E-state index contributed by atoms with van der Waals surface area (Å²) < 4.78 is 4.92. The van der Waals surface area contributed by atoms with E-state index in [9.17, 15) is 9.59 Å². The third-order valence-corrected chi connectivity index (χ3v) is 4.70. The van der Waals surface area contributed by atoms with Crippen molar-refractivity contribution in [2.45, 2.75) is 72.3 Å². The summed E-state index contributed by atoms with van der Waals surface area (Å²) in [6.07, 6.45) is 5.40. The van der Waals surface area contributed by atoms with Crippen LogP contribution in [0.15, 0.2) is 5.38 Å². The van der Waals surface area contributed by atoms with Crippen LogP contribution in [0.25, 0.3) is 0 Å². The van der Waals surface area contributed by atoms with Gasteiger partial charge in [-0.1, -0.05) is 33.1 Å². The van der Waals surface area contributed by atoms with E-state index in [1.54, 1.807) is 12.3 Å². The third kappa shape index (κ3) is 7.86. The number of anilines is 1. The molecule has 7 heteroatoms. The molecule has 0 aromatic carbocycles. The molecule has 6 nitrogen and oxygen atoms in total. The highest BCUT2D eigenvalue weighted by atomic mass is 32.1. The van der Waals surface area contributed by atoms with Gasteiger partial charge in [-0.15, -0.1) is 11.3 Å². The third-order valence-electron chi connectivity index (χ3n) is 3.90. The Hall–Kier alpha value is -1.63. The predicted molar refractivity (Wildman–Crippen MR) is 102 cm³/mol. The second-order valence-corrected chi connectivity index (χ2v) is 6.95. The Kier molecular flexibility index (Phi) is 10.1. The van der Waals surface area contributed by atoms with Crippen LogP contribution in [0, 0.1) is 0 Å². The number of amides is 2. The number of hydrogen-bond donors (Lipinski definition) is 1. The first kappa shape index (κ1) is 21.4. The molecule has 0 aliphatic heterocycles. The first-order chi connectivity index (χ1) is 12.0. The molecule has 0 radical (unpaired) electrons. The normalized spacial score (nSPS) is 11.8. The molecule has 1 rings (SSSR count). The Morgan fingerprint density at radius 3 is 2.68 bits per heavy atom. The molecule has 1 atom stereocenters. The Balaban J connectivity index is 2.65. The summed E-state index contributed by atoms with van der Waals surface area (Å²) in [4.78, 5) is 30.4. The lowest BCUT2D eigenvalue weighted by Gasteiger charge is -2.29. The number of hydrogen-bond acceptors (Lipinski definition) is 5. The Labute approximate surface area is 155 Å². The maximum atomic E-state index is 12.6. The SMILES string of the molecule is CCCCCN(C(=O)Nc1nc(CC(=O)OCC)cs1)[C@@H](C)CCC. The fourth-order valence-corrected chi connectivity index (χ4v) is 3.30. The molecule has 142 valence electrons. The quantitative estimate of drug-likeness (QED) is 0.462. The lowest BCUT2D eigenvalue weighted by Crippen LogP contribution is -2.42. The van der Waals surface area contributed by atoms with Gasteiger partial charge in [0.2, 0.25) is 0 Å². The van der Waals surface area contributed by atoms with Crippen LogP contribution in [0.5, 0.6) is 0 Å². The number of carbonyl (C=O) groups is 2. The Bertz CT molecular complexity index is 533. The van der Waals surface area contributed by atoms with E-state index in [1.807, 2.05) is 4.90 Å². The van der Waals surface area contributed by atoms with Crippen molar-refractivity contribution in [2.24, 2.45) is 0 Å². The minimum atomic E-state index is -0.302. The first-order valence-corrected chi connectivity index (χ1v) is 10.1. The van der Waals surface area contributed by atoms with Crippen LogP contribution in [0.1, 0.15) is 65.5 Å². The van der Waals surface area contributed by atoms with E-state index in [4.69, 9.17) is 4.74 Å². The molecular weight excluding hydrogens is 338 g/mol. The molecular formula is C18H31N3O3S. The van der Waals surface area contributed by atoms with Crippen molar-refractivity contribution in [2.75, 3.05) is 18.5 Å². The van der Waals surface area contributed by atoms with Crippen molar-refractivity contribution >= 4 is 28.5 Å². The van der Waals surface area contributed by atoms with E-state index < -0.39 is 0 Å². The van der Waals surface area contributed by atoms with Crippen molar-refractivity contribution in [1.29, 1.82) is 0 Å². The molecule has 0 aliphatic rings. The van der Waals surface area contributed by atoms with Gasteiger partial charge in [0.05, 0.1) is 18.7 Å². The molecule has 0 spiro atoms. The average molecular weight is 370 g/mol. The van der Waals surface area contributed by atoms with Gasteiger partial charge >= 0.3 is 12.0 Å². The summed E-state index contributed by atoms with van der Waals surface area (Å²) in [5, 5.41) is 5.18. The summed E-state index contributed by atoms with van der Waals surface area (Å²) in [5.41, 5.74) is 0.623. The largest absolute Gasteiger partial charge is 0.466 e. The summed E-state index contributed by atoms with van der Waals surface area (Å²) in [5.74, 6) is -0.302. The number of esters is 1. The van der Waals surface area contributed by atoms with Crippen molar-refractivity contribution < 1.29 is 14.3 Å². The number of aromatic nitrogens is 1. The number of ether oxygens (including phenoxy) is 1. The fraction of sp³-hybridized carbons (Fsp3) is 0.722. The summed E-state index contributed by atoms with van der Waals surface area (Å²) in [6, 6.07) is 0.0786. The average Bonchev–Trinajstić information content (AvgIpc) is 2.98. The number of carbonyl (C=O) groups excluding carboxylic acids is 2. The molecule has 0 fully saturated rings. The van der Waals surface area contributed by atoms with Gasteiger partial charge < -0.3 is 9.64 Å². The lowest BCUT2D eigenvalue weighted by molar-refractivity contribution is -0.142. The van der Waals surface area contributed by atoms with E-state index in [0.29, 0.717) is 17.4 Å². The summed E-state index contributed by atoms with van der Waals surface area (Å²) in [6.45, 7) is 9.25. The van der Waals surface area contributed by atoms with Crippen LogP contribution in [0.2, 0.25) is 0 Å². The number of nitrogens with zero attached hydrogens (tertiary/aromatic N) is 2. The molecule has 1 heterocycles. The van der Waals surface area contributed by atoms with E-state index in [2.05, 4.69) is 31.1 Å². The zero-order chi connectivity index (χ0) is 18.7. The van der Waals surface area contributed by atoms with E-state index in [1.165, 1.54) is 11.3 Å². The summed E-state index contributed by atoms with van der Waals surface area (Å²) >= 11 is 1.33. The first-order valence-electron chi connectivity index (χ1n) is 9.19. The van der Waals surface area contributed by atoms with Gasteiger partial charge in [0.1, 0.15) is 0 Å². The van der Waals surface area contributed by atoms with E-state index in [-0.39, 0.29) is 24.5 Å². The molecule has 1 aromatic heterocycles. The lowest BCUT2D eigenvalue weighted by atomic mass is 10.1. The van der Waals surface area contributed by atoms with Gasteiger partial charge in [-0.2, -0.15) is 0 Å². The molecule has 0 aliphatic carbocycles. The molecule has 0 saturated carbocycles. The van der Waals surface area contributed by atoms with E-state index in [0.717, 1.165) is 38.6 Å². The van der Waals surface area contributed by atoms with Crippen LogP contribution >= 0.6 is 11.3 Å². The summed E-state index contributed by atoms with van der Waals surface area (Å²) in [7, 11) is 0. The van der Waals surface area contributed by atoms with Gasteiger partial charge in [0.15, 0.2) is 5.13 Å². The predicted octanol–water partition coefficient (Wildman–Crippen LogP) is 4.46. The Morgan fingerprint density at radius 2 is 2.04 bits per heavy atom. The molecule has 1 N–H and O–H groups in total. The zero-order valence-electron chi connectivity index (χ0n) is 15.8. The van der Waals surface area contributed by atoms with Gasteiger partial charge in [-0.05, 0) is 26.7 Å². The fourth-order valence-electron chi connectivity index (χ4n) is 2.60. The molecule has 1 aromatic rings. The highest BCUT2D eigenvalue weighted by Gasteiger charge is 2.20. The number of rotatable bonds is 11. The van der Waals surface area contributed by atoms with Crippen molar-refractivity contribution in [3.05, 3.63) is 11.1 Å². The Morgan fingerprint density at radius 1 is 1.28 bits per heavy atom. The van der Waals surface area contributed by atoms with Crippen molar-refractivity contribution in [1.82, 2.24) is 9.88 Å². The monoisotopic (exact) mass is 369 g/mol. The number of thiazole rings is 1. The van der Waals surface area contributed by atoms with Gasteiger partial charge in [0, 0.05) is 18.0 Å². The number of unbranched alkanes of at least 4 members (excludes halogenated alkanes) is 2. The standard InChI is InChI=1S/C18H31N3O3S/c1-5-8-9-11-21(14(4)10-6-2)18(23)20-17-19-15(13-25-17)12-16(22)24-7-3/h13-14H,5-12H2,1-4H3,(H,19,20,23)/t14-/m0/s1. The highest BCUT2D eigenvalue weighted by molar-refractivity contribution is 7.13. The second kappa shape index (κ2) is 11.8. The van der Waals surface area contributed by atoms with Crippen LogP contribution < -0.4 is 5.32 Å². The van der Waals surface area contributed by atoms with Crippen LogP contribution in [-0.4, -0.2) is 41.1 Å². The number of nitrogens with one attached hydrogen (secondary N) is 1. The van der Waals surface area contributed by atoms with Crippen LogP contribution in [0.3, 0.4) is 0 Å². The maximum absolute atomic E-state index is 12.6. The zero-order valence-corrected chi connectivity index (χ0v) is 16.7. The molecule has 2 amide bonds. The molecule has 25 heavy (non-hydrogen) atoms. The minimum absolute atomic E-state index is 0.117. The number of urea groups is 1. The van der Waals surface area contributed by atoms with Crippen LogP contribution in [0.4, 0.5) is 9.93 Å². The van der Waals surface area contributed by atoms with Gasteiger partial charge in [0.25, 0.3) is 0 Å². The second-order valence-electron chi connectivity index (χ2n) is 6.09. The van der Waals surface area contributed by atoms with Gasteiger partial charge in [-0.3, -0.25) is 10.1 Å². The molecule has 0 saturated heterocycles. The minimum Gasteiger partial charge on any atom is -0.466 e. The highest BCUT2D eigenvalue weighted by Crippen LogP contribution is 2.18. The molecule has 0 bridgehead atoms. The van der Waals surface area contributed by atoms with Crippen molar-refractivity contribution in [3.8, 4) is 0 Å². The van der Waals surface area contributed by atoms with Crippen molar-refractivity contribution in [3.63, 3.8) is 0 Å². The van der Waals surface area contributed by atoms with Crippen LogP contribution in [-0.2, 0) is 16.0 Å². The maximum Gasteiger partial charge on any atom is 0.323 e.